The molecule has 6 heteroatoms. The van der Waals surface area contributed by atoms with Gasteiger partial charge in [-0.25, -0.2) is 4.85 Å². The van der Waals surface area contributed by atoms with Crippen molar-refractivity contribution in [2.75, 3.05) is 0 Å². The van der Waals surface area contributed by atoms with Crippen LogP contribution in [0.15, 0.2) is 206 Å². The average Bonchev–Trinajstić information content (AvgIpc) is 3.90. The Morgan fingerprint density at radius 3 is 0.986 bits per heavy atom. The summed E-state index contributed by atoms with van der Waals surface area (Å²) in [6.07, 6.45) is -4.76. The Labute approximate surface area is 416 Å². The molecule has 2 aromatic heterocycles. The molecule has 0 amide bonds. The maximum Gasteiger partial charge on any atom is 0.417 e. The van der Waals surface area contributed by atoms with Crippen LogP contribution in [0.25, 0.3) is 115 Å². The molecule has 0 radical (unpaired) electrons. The van der Waals surface area contributed by atoms with E-state index in [0.29, 0.717) is 16.9 Å². The van der Waals surface area contributed by atoms with Crippen LogP contribution in [-0.2, 0) is 6.18 Å². The van der Waals surface area contributed by atoms with Gasteiger partial charge in [-0.3, -0.25) is 0 Å². The van der Waals surface area contributed by atoms with Crippen molar-refractivity contribution in [1.29, 1.82) is 0 Å². The van der Waals surface area contributed by atoms with E-state index in [1.807, 2.05) is 16.7 Å². The zero-order valence-electron chi connectivity index (χ0n) is 40.1. The fourth-order valence-electron chi connectivity index (χ4n) is 10.4. The molecule has 0 N–H and O–H groups in total. The lowest BCUT2D eigenvalue weighted by atomic mass is 9.96. The van der Waals surface area contributed by atoms with E-state index in [0.717, 1.165) is 110 Å². The molecule has 0 fully saturated rings. The normalized spacial score (nSPS) is 11.8. The van der Waals surface area contributed by atoms with Crippen molar-refractivity contribution in [3.05, 3.63) is 245 Å². The maximum absolute atomic E-state index is 16.1. The number of aromatic nitrogens is 2. The summed E-state index contributed by atoms with van der Waals surface area (Å²) in [5.74, 6) is 0. The molecule has 72 heavy (non-hydrogen) atoms. The predicted molar refractivity (Wildman–Crippen MR) is 293 cm³/mol. The Bertz CT molecular complexity index is 3940. The highest BCUT2D eigenvalue weighted by molar-refractivity contribution is 6.14. The Morgan fingerprint density at radius 1 is 0.347 bits per heavy atom. The van der Waals surface area contributed by atoms with Crippen LogP contribution in [-0.4, -0.2) is 9.13 Å². The molecule has 0 atom stereocenters. The Hall–Kier alpha value is -8.92. The van der Waals surface area contributed by atoms with Gasteiger partial charge in [0, 0.05) is 21.5 Å². The van der Waals surface area contributed by atoms with E-state index in [2.05, 4.69) is 195 Å². The number of alkyl halides is 3. The summed E-state index contributed by atoms with van der Waals surface area (Å²) in [7, 11) is 0. The van der Waals surface area contributed by atoms with Crippen LogP contribution >= 0.6 is 0 Å². The van der Waals surface area contributed by atoms with E-state index >= 15 is 13.2 Å². The second-order valence-corrected chi connectivity index (χ2v) is 19.1. The van der Waals surface area contributed by atoms with Crippen LogP contribution in [0.3, 0.4) is 0 Å². The number of halogens is 3. The third kappa shape index (κ3) is 7.71. The molecule has 12 aromatic rings. The molecule has 3 nitrogen and oxygen atoms in total. The van der Waals surface area contributed by atoms with Crippen molar-refractivity contribution in [1.82, 2.24) is 9.13 Å². The summed E-state index contributed by atoms with van der Waals surface area (Å²) < 4.78 is 52.4. The lowest BCUT2D eigenvalue weighted by molar-refractivity contribution is -0.137. The highest BCUT2D eigenvalue weighted by Gasteiger charge is 2.36. The van der Waals surface area contributed by atoms with E-state index in [9.17, 15) is 0 Å². The number of aryl methyl sites for hydroxylation is 4. The summed E-state index contributed by atoms with van der Waals surface area (Å²) in [5, 5.41) is 3.76. The minimum Gasteiger partial charge on any atom is -0.307 e. The van der Waals surface area contributed by atoms with Gasteiger partial charge in [0.25, 0.3) is 0 Å². The number of nitrogens with zero attached hydrogens (tertiary/aromatic N) is 3. The third-order valence-electron chi connectivity index (χ3n) is 14.3. The zero-order chi connectivity index (χ0) is 49.4. The summed E-state index contributed by atoms with van der Waals surface area (Å²) in [5.41, 5.74) is 16.8. The smallest absolute Gasteiger partial charge is 0.307 e. The van der Waals surface area contributed by atoms with E-state index < -0.39 is 11.7 Å². The van der Waals surface area contributed by atoms with Crippen molar-refractivity contribution < 1.29 is 13.2 Å². The van der Waals surface area contributed by atoms with E-state index in [4.69, 9.17) is 6.57 Å². The van der Waals surface area contributed by atoms with Gasteiger partial charge in [0.15, 0.2) is 5.69 Å². The molecule has 2 heterocycles. The fourth-order valence-corrected chi connectivity index (χ4v) is 10.4. The van der Waals surface area contributed by atoms with Crippen LogP contribution < -0.4 is 0 Å². The molecular formula is C66H46F3N3. The van der Waals surface area contributed by atoms with Crippen LogP contribution in [0.4, 0.5) is 18.9 Å². The summed E-state index contributed by atoms with van der Waals surface area (Å²) in [4.78, 5) is 3.63. The van der Waals surface area contributed by atoms with Gasteiger partial charge in [0.1, 0.15) is 0 Å². The highest BCUT2D eigenvalue weighted by atomic mass is 19.4. The minimum absolute atomic E-state index is 0.0154. The van der Waals surface area contributed by atoms with E-state index in [1.54, 1.807) is 30.3 Å². The molecule has 0 aliphatic heterocycles. The van der Waals surface area contributed by atoms with Gasteiger partial charge in [-0.15, -0.1) is 0 Å². The number of rotatable bonds is 7. The predicted octanol–water partition coefficient (Wildman–Crippen LogP) is 19.0. The lowest BCUT2D eigenvalue weighted by Crippen LogP contribution is -2.12. The molecule has 0 saturated carbocycles. The second kappa shape index (κ2) is 17.2. The lowest BCUT2D eigenvalue weighted by Gasteiger charge is -2.22. The van der Waals surface area contributed by atoms with Crippen LogP contribution in [0, 0.1) is 34.3 Å². The Kier molecular flexibility index (Phi) is 10.6. The van der Waals surface area contributed by atoms with Gasteiger partial charge in [0.05, 0.1) is 45.6 Å². The van der Waals surface area contributed by atoms with Gasteiger partial charge < -0.3 is 9.13 Å². The second-order valence-electron chi connectivity index (χ2n) is 19.1. The quantitative estimate of drug-likeness (QED) is 0.141. The van der Waals surface area contributed by atoms with Gasteiger partial charge in [-0.1, -0.05) is 162 Å². The highest BCUT2D eigenvalue weighted by Crippen LogP contribution is 2.47. The molecular weight excluding hydrogens is 892 g/mol. The molecule has 12 rings (SSSR count). The van der Waals surface area contributed by atoms with E-state index in [-0.39, 0.29) is 11.3 Å². The van der Waals surface area contributed by atoms with Crippen molar-refractivity contribution in [3.63, 3.8) is 0 Å². The minimum atomic E-state index is -4.76. The van der Waals surface area contributed by atoms with Gasteiger partial charge in [-0.2, -0.15) is 13.2 Å². The van der Waals surface area contributed by atoms with Crippen LogP contribution in [0.1, 0.15) is 27.8 Å². The van der Waals surface area contributed by atoms with Crippen molar-refractivity contribution in [2.45, 2.75) is 33.9 Å². The number of fused-ring (bicyclic) bond motifs is 6. The van der Waals surface area contributed by atoms with Gasteiger partial charge in [-0.05, 0) is 150 Å². The fraction of sp³-hybridized carbons (Fsp3) is 0.0758. The topological polar surface area (TPSA) is 14.2 Å². The standard InChI is InChI=1S/C66H46F3N3/c1-40-9-17-44(18-10-40)48-25-29-60-55(34-48)56-35-49(45-19-11-41(2)12-20-45)26-30-61(56)71(60)64-38-54(52-7-6-8-53(33-52)70-5)59(66(67,68)69)39-65(64)72-62-31-27-50(46-21-13-42(3)14-22-46)36-57(62)58-37-51(28-32-63(58)72)47-23-15-43(4)16-24-47/h6-39H,1-4H3. The monoisotopic (exact) mass is 937 g/mol. The van der Waals surface area contributed by atoms with Crippen molar-refractivity contribution in [2.24, 2.45) is 0 Å². The van der Waals surface area contributed by atoms with E-state index in [1.165, 1.54) is 6.07 Å². The molecule has 0 unspecified atom stereocenters. The van der Waals surface area contributed by atoms with Crippen molar-refractivity contribution in [3.8, 4) is 67.0 Å². The van der Waals surface area contributed by atoms with Crippen LogP contribution in [0.2, 0.25) is 0 Å². The summed E-state index contributed by atoms with van der Waals surface area (Å²) in [6, 6.07) is 68.7. The van der Waals surface area contributed by atoms with Crippen LogP contribution in [0.5, 0.6) is 0 Å². The van der Waals surface area contributed by atoms with Gasteiger partial charge >= 0.3 is 6.18 Å². The van der Waals surface area contributed by atoms with Crippen molar-refractivity contribution >= 4 is 49.3 Å². The molecule has 0 saturated heterocycles. The zero-order valence-corrected chi connectivity index (χ0v) is 40.1. The maximum atomic E-state index is 16.1. The number of hydrogen-bond donors (Lipinski definition) is 0. The Morgan fingerprint density at radius 2 is 0.667 bits per heavy atom. The number of hydrogen-bond acceptors (Lipinski definition) is 0. The first kappa shape index (κ1) is 44.3. The molecule has 10 aromatic carbocycles. The first-order valence-electron chi connectivity index (χ1n) is 24.1. The molecule has 0 aliphatic carbocycles. The van der Waals surface area contributed by atoms with Gasteiger partial charge in [0.2, 0.25) is 0 Å². The molecule has 0 spiro atoms. The largest absolute Gasteiger partial charge is 0.417 e. The third-order valence-corrected chi connectivity index (χ3v) is 14.3. The average molecular weight is 938 g/mol. The summed E-state index contributed by atoms with van der Waals surface area (Å²) >= 11 is 0. The molecule has 0 aliphatic rings. The first-order chi connectivity index (χ1) is 34.9. The Balaban J connectivity index is 1.22. The number of benzene rings is 10. The molecule has 0 bridgehead atoms. The summed E-state index contributed by atoms with van der Waals surface area (Å²) in [6.45, 7) is 16.1. The first-order valence-corrected chi connectivity index (χ1v) is 24.1. The molecule has 346 valence electrons. The SMILES string of the molecule is [C-]#[N+]c1cccc(-c2cc(-n3c4ccc(-c5ccc(C)cc5)cc4c4cc(-c5ccc(C)cc5)ccc43)c(-n3c4ccc(-c5ccc(C)cc5)cc4c4cc(-c5ccc(C)cc5)ccc43)cc2C(F)(F)F)c1.